The number of nitrogens with zero attached hydrogens (tertiary/aromatic N) is 4. The molecule has 0 bridgehead atoms. The van der Waals surface area contributed by atoms with Crippen LogP contribution in [0.25, 0.3) is 11.3 Å². The van der Waals surface area contributed by atoms with Crippen LogP contribution in [0, 0.1) is 5.82 Å². The third-order valence-corrected chi connectivity index (χ3v) is 4.73. The van der Waals surface area contributed by atoms with Crippen LogP contribution in [-0.4, -0.2) is 32.8 Å². The van der Waals surface area contributed by atoms with E-state index in [-0.39, 0.29) is 23.0 Å². The van der Waals surface area contributed by atoms with Gasteiger partial charge in [-0.05, 0) is 24.6 Å². The number of nitrogens with one attached hydrogen (secondary N) is 1. The summed E-state index contributed by atoms with van der Waals surface area (Å²) in [6.45, 7) is 0.429. The first kappa shape index (κ1) is 19.8. The second-order valence-corrected chi connectivity index (χ2v) is 6.63. The second kappa shape index (κ2) is 7.39. The maximum atomic E-state index is 14.1. The minimum absolute atomic E-state index is 0.0416. The van der Waals surface area contributed by atoms with Crippen LogP contribution in [0.4, 0.5) is 17.6 Å². The zero-order chi connectivity index (χ0) is 21.5. The van der Waals surface area contributed by atoms with E-state index < -0.39 is 23.7 Å². The van der Waals surface area contributed by atoms with E-state index in [2.05, 4.69) is 20.4 Å². The molecule has 11 heteroatoms. The van der Waals surface area contributed by atoms with E-state index in [0.717, 1.165) is 0 Å². The fourth-order valence-electron chi connectivity index (χ4n) is 3.26. The minimum atomic E-state index is -4.70. The molecule has 7 nitrogen and oxygen atoms in total. The largest absolute Gasteiger partial charge is 0.481 e. The van der Waals surface area contributed by atoms with Crippen LogP contribution in [0.2, 0.25) is 0 Å². The van der Waals surface area contributed by atoms with Crippen molar-refractivity contribution in [2.45, 2.75) is 25.2 Å². The standard InChI is InChI=1S/C19H15F4N5O2/c1-30-17-6-10(2-4-24-17)18(29)26-13-3-5-28-15(13)8-14(27-28)11-7-16(19(21,22)23)25-9-12(11)20/h2,4,6-9,13H,3,5H2,1H3,(H,26,29)/t13-/m0/s1. The predicted molar refractivity (Wildman–Crippen MR) is 96.0 cm³/mol. The molecule has 0 saturated heterocycles. The highest BCUT2D eigenvalue weighted by atomic mass is 19.4. The Balaban J connectivity index is 1.59. The van der Waals surface area contributed by atoms with E-state index in [1.807, 2.05) is 0 Å². The van der Waals surface area contributed by atoms with Crippen LogP contribution < -0.4 is 10.1 Å². The molecule has 4 rings (SSSR count). The van der Waals surface area contributed by atoms with Gasteiger partial charge in [0.15, 0.2) is 5.82 Å². The summed E-state index contributed by atoms with van der Waals surface area (Å²) in [7, 11) is 1.43. The SMILES string of the molecule is COc1cc(C(=O)N[C@H]2CCn3nc(-c4cc(C(F)(F)F)ncc4F)cc32)ccn1. The van der Waals surface area contributed by atoms with Gasteiger partial charge in [-0.25, -0.2) is 14.4 Å². The Kier molecular flexibility index (Phi) is 4.88. The van der Waals surface area contributed by atoms with Gasteiger partial charge in [-0.1, -0.05) is 0 Å². The van der Waals surface area contributed by atoms with E-state index >= 15 is 0 Å². The number of hydrogen-bond acceptors (Lipinski definition) is 5. The lowest BCUT2D eigenvalue weighted by molar-refractivity contribution is -0.141. The van der Waals surface area contributed by atoms with Gasteiger partial charge in [-0.15, -0.1) is 0 Å². The number of rotatable bonds is 4. The lowest BCUT2D eigenvalue weighted by atomic mass is 10.1. The summed E-state index contributed by atoms with van der Waals surface area (Å²) < 4.78 is 59.5. The van der Waals surface area contributed by atoms with Gasteiger partial charge < -0.3 is 10.1 Å². The lowest BCUT2D eigenvalue weighted by Gasteiger charge is -2.12. The Hall–Kier alpha value is -3.50. The number of hydrogen-bond donors (Lipinski definition) is 1. The summed E-state index contributed by atoms with van der Waals surface area (Å²) in [6, 6.07) is 4.69. The number of carbonyl (C=O) groups is 1. The van der Waals surface area contributed by atoms with Crippen molar-refractivity contribution in [3.63, 3.8) is 0 Å². The van der Waals surface area contributed by atoms with Crippen molar-refractivity contribution in [2.24, 2.45) is 0 Å². The number of aromatic nitrogens is 4. The van der Waals surface area contributed by atoms with Gasteiger partial charge in [0.25, 0.3) is 5.91 Å². The van der Waals surface area contributed by atoms with E-state index in [1.165, 1.54) is 31.5 Å². The molecule has 30 heavy (non-hydrogen) atoms. The molecule has 4 heterocycles. The molecule has 1 aliphatic heterocycles. The van der Waals surface area contributed by atoms with Crippen molar-refractivity contribution in [3.05, 3.63) is 59.4 Å². The van der Waals surface area contributed by atoms with Crippen molar-refractivity contribution >= 4 is 5.91 Å². The number of carbonyl (C=O) groups excluding carboxylic acids is 1. The molecule has 1 N–H and O–H groups in total. The van der Waals surface area contributed by atoms with Gasteiger partial charge in [0.1, 0.15) is 5.69 Å². The maximum absolute atomic E-state index is 14.1. The van der Waals surface area contributed by atoms with Gasteiger partial charge in [0, 0.05) is 29.9 Å². The average Bonchev–Trinajstić information content (AvgIpc) is 3.29. The number of alkyl halides is 3. The smallest absolute Gasteiger partial charge is 0.433 e. The first-order chi connectivity index (χ1) is 14.3. The number of pyridine rings is 2. The fraction of sp³-hybridized carbons (Fsp3) is 0.263. The van der Waals surface area contributed by atoms with Crippen molar-refractivity contribution < 1.29 is 27.1 Å². The van der Waals surface area contributed by atoms with E-state index in [4.69, 9.17) is 4.74 Å². The van der Waals surface area contributed by atoms with Crippen LogP contribution in [0.3, 0.4) is 0 Å². The second-order valence-electron chi connectivity index (χ2n) is 6.63. The molecule has 0 fully saturated rings. The summed E-state index contributed by atoms with van der Waals surface area (Å²) in [5, 5.41) is 7.05. The van der Waals surface area contributed by atoms with Crippen LogP contribution in [0.5, 0.6) is 5.88 Å². The Morgan fingerprint density at radius 2 is 2.07 bits per heavy atom. The number of halogens is 4. The number of fused-ring (bicyclic) bond motifs is 1. The average molecular weight is 421 g/mol. The molecule has 156 valence electrons. The Morgan fingerprint density at radius 3 is 2.80 bits per heavy atom. The van der Waals surface area contributed by atoms with Gasteiger partial charge in [0.2, 0.25) is 5.88 Å². The predicted octanol–water partition coefficient (Wildman–Crippen LogP) is 3.38. The monoisotopic (exact) mass is 421 g/mol. The van der Waals surface area contributed by atoms with Crippen molar-refractivity contribution in [2.75, 3.05) is 7.11 Å². The van der Waals surface area contributed by atoms with Crippen LogP contribution in [0.1, 0.15) is 34.2 Å². The maximum Gasteiger partial charge on any atom is 0.433 e. The highest BCUT2D eigenvalue weighted by molar-refractivity contribution is 5.94. The van der Waals surface area contributed by atoms with E-state index in [9.17, 15) is 22.4 Å². The molecule has 0 spiro atoms. The van der Waals surface area contributed by atoms with Gasteiger partial charge in [0.05, 0.1) is 30.7 Å². The fourth-order valence-corrected chi connectivity index (χ4v) is 3.26. The quantitative estimate of drug-likeness (QED) is 0.654. The topological polar surface area (TPSA) is 81.9 Å². The Bertz CT molecular complexity index is 1110. The normalized spacial score (nSPS) is 15.7. The van der Waals surface area contributed by atoms with Crippen LogP contribution in [0.15, 0.2) is 36.7 Å². The molecule has 0 aliphatic carbocycles. The highest BCUT2D eigenvalue weighted by Gasteiger charge is 2.34. The number of aryl methyl sites for hydroxylation is 1. The Labute approximate surface area is 167 Å². The van der Waals surface area contributed by atoms with Gasteiger partial charge in [-0.3, -0.25) is 9.48 Å². The van der Waals surface area contributed by atoms with Crippen LogP contribution >= 0.6 is 0 Å². The van der Waals surface area contributed by atoms with Crippen LogP contribution in [-0.2, 0) is 12.7 Å². The minimum Gasteiger partial charge on any atom is -0.481 e. The molecule has 0 saturated carbocycles. The summed E-state index contributed by atoms with van der Waals surface area (Å²) >= 11 is 0. The molecule has 0 unspecified atom stereocenters. The third kappa shape index (κ3) is 3.70. The molecular formula is C19H15F4N5O2. The van der Waals surface area contributed by atoms with Crippen molar-refractivity contribution in [1.29, 1.82) is 0 Å². The molecule has 1 amide bonds. The summed E-state index contributed by atoms with van der Waals surface area (Å²) in [5.74, 6) is -0.995. The Morgan fingerprint density at radius 1 is 1.27 bits per heavy atom. The van der Waals surface area contributed by atoms with Gasteiger partial charge in [-0.2, -0.15) is 18.3 Å². The molecule has 1 atom stereocenters. The highest BCUT2D eigenvalue weighted by Crippen LogP contribution is 2.34. The first-order valence-electron chi connectivity index (χ1n) is 8.88. The van der Waals surface area contributed by atoms with E-state index in [1.54, 1.807) is 4.68 Å². The number of methoxy groups -OCH3 is 1. The molecule has 1 aliphatic rings. The van der Waals surface area contributed by atoms with Crippen molar-refractivity contribution in [1.82, 2.24) is 25.1 Å². The number of ether oxygens (including phenoxy) is 1. The summed E-state index contributed by atoms with van der Waals surface area (Å²) in [6.07, 6.45) is -2.19. The lowest BCUT2D eigenvalue weighted by Crippen LogP contribution is -2.27. The molecule has 3 aromatic rings. The molecular weight excluding hydrogens is 406 g/mol. The zero-order valence-electron chi connectivity index (χ0n) is 15.6. The third-order valence-electron chi connectivity index (χ3n) is 4.73. The zero-order valence-corrected chi connectivity index (χ0v) is 15.6. The molecule has 0 radical (unpaired) electrons. The summed E-state index contributed by atoms with van der Waals surface area (Å²) in [5.41, 5.74) is -0.550. The van der Waals surface area contributed by atoms with Gasteiger partial charge >= 0.3 is 6.18 Å². The van der Waals surface area contributed by atoms with E-state index in [0.29, 0.717) is 36.5 Å². The summed E-state index contributed by atoms with van der Waals surface area (Å²) in [4.78, 5) is 19.6. The molecule has 3 aromatic heterocycles. The molecule has 0 aromatic carbocycles. The first-order valence-corrected chi connectivity index (χ1v) is 8.88. The number of amides is 1. The van der Waals surface area contributed by atoms with Crippen molar-refractivity contribution in [3.8, 4) is 17.1 Å².